The van der Waals surface area contributed by atoms with Crippen LogP contribution in [-0.4, -0.2) is 52.8 Å². The van der Waals surface area contributed by atoms with E-state index in [4.69, 9.17) is 18.0 Å². The molecule has 1 aromatic heterocycles. The van der Waals surface area contributed by atoms with Crippen molar-refractivity contribution in [3.05, 3.63) is 64.0 Å². The first kappa shape index (κ1) is 41.2. The number of hydrogen-bond donors (Lipinski definition) is 0. The Bertz CT molecular complexity index is 1620. The van der Waals surface area contributed by atoms with Crippen molar-refractivity contribution in [2.75, 3.05) is 19.8 Å². The van der Waals surface area contributed by atoms with Gasteiger partial charge in [-0.25, -0.2) is 4.79 Å². The summed E-state index contributed by atoms with van der Waals surface area (Å²) in [6, 6.07) is 7.05. The van der Waals surface area contributed by atoms with Crippen molar-refractivity contribution in [1.82, 2.24) is 0 Å². The number of alkyl halides is 11. The average Bonchev–Trinajstić information content (AvgIpc) is 3.03. The predicted molar refractivity (Wildman–Crippen MR) is 166 cm³/mol. The minimum absolute atomic E-state index is 0.0199. The number of halogens is 11. The third-order valence-electron chi connectivity index (χ3n) is 7.85. The van der Waals surface area contributed by atoms with Crippen molar-refractivity contribution in [1.29, 1.82) is 0 Å². The fraction of sp³-hybridized carbons (Fsp3) is 0.545. The number of fused-ring (bicyclic) bond motifs is 1. The fourth-order valence-corrected chi connectivity index (χ4v) is 6.89. The van der Waals surface area contributed by atoms with Crippen LogP contribution in [0.25, 0.3) is 22.1 Å². The third kappa shape index (κ3) is 9.37. The summed E-state index contributed by atoms with van der Waals surface area (Å²) in [4.78, 5) is 12.8. The lowest BCUT2D eigenvalue weighted by Crippen LogP contribution is -2.62. The zero-order chi connectivity index (χ0) is 37.5. The van der Waals surface area contributed by atoms with Crippen LogP contribution < -0.4 is 10.4 Å². The van der Waals surface area contributed by atoms with E-state index in [0.717, 1.165) is 43.2 Å². The molecule has 2 aromatic carbocycles. The highest BCUT2D eigenvalue weighted by Gasteiger charge is 2.79. The molecule has 0 saturated carbocycles. The van der Waals surface area contributed by atoms with Crippen LogP contribution in [0.1, 0.15) is 64.0 Å². The van der Waals surface area contributed by atoms with Crippen molar-refractivity contribution in [2.45, 2.75) is 95.2 Å². The van der Waals surface area contributed by atoms with E-state index in [1.165, 1.54) is 26.0 Å². The molecule has 0 saturated heterocycles. The van der Waals surface area contributed by atoms with Gasteiger partial charge >= 0.3 is 44.8 Å². The molecule has 3 rings (SSSR count). The lowest BCUT2D eigenvalue weighted by atomic mass is 9.95. The second kappa shape index (κ2) is 16.4. The topological polar surface area (TPSA) is 57.9 Å². The zero-order valence-electron chi connectivity index (χ0n) is 27.4. The van der Waals surface area contributed by atoms with Crippen molar-refractivity contribution in [3.63, 3.8) is 0 Å². The molecule has 0 atom stereocenters. The van der Waals surface area contributed by atoms with E-state index < -0.39 is 87.0 Å². The molecule has 17 heteroatoms. The summed E-state index contributed by atoms with van der Waals surface area (Å²) >= 11 is 0. The van der Waals surface area contributed by atoms with Crippen LogP contribution >= 0.6 is 0 Å². The Morgan fingerprint density at radius 1 is 0.720 bits per heavy atom. The molecule has 0 radical (unpaired) electrons. The highest BCUT2D eigenvalue weighted by atomic mass is 28.3. The molecule has 280 valence electrons. The van der Waals surface area contributed by atoms with E-state index in [0.29, 0.717) is 18.4 Å². The Labute approximate surface area is 282 Å². The molecule has 0 aliphatic rings. The molecular weight excluding hydrogens is 713 g/mol. The first-order valence-electron chi connectivity index (χ1n) is 15.9. The van der Waals surface area contributed by atoms with Crippen LogP contribution in [0.15, 0.2) is 51.7 Å². The van der Waals surface area contributed by atoms with E-state index in [-0.39, 0.29) is 29.9 Å². The summed E-state index contributed by atoms with van der Waals surface area (Å²) in [6.45, 7) is 3.49. The van der Waals surface area contributed by atoms with Crippen LogP contribution in [0.5, 0.6) is 5.75 Å². The lowest BCUT2D eigenvalue weighted by Gasteiger charge is -2.37. The van der Waals surface area contributed by atoms with Crippen LogP contribution in [0.3, 0.4) is 0 Å². The molecule has 0 aliphatic heterocycles. The monoisotopic (exact) mass is 750 g/mol. The highest BCUT2D eigenvalue weighted by Crippen LogP contribution is 2.55. The van der Waals surface area contributed by atoms with Crippen molar-refractivity contribution >= 4 is 20.3 Å². The van der Waals surface area contributed by atoms with Crippen LogP contribution in [0.2, 0.25) is 6.04 Å². The average molecular weight is 751 g/mol. The summed E-state index contributed by atoms with van der Waals surface area (Å²) in [6.07, 6.45) is -6.06. The third-order valence-corrected chi connectivity index (χ3v) is 10.0. The van der Waals surface area contributed by atoms with E-state index in [9.17, 15) is 53.1 Å². The molecule has 50 heavy (non-hydrogen) atoms. The number of benzene rings is 2. The quantitative estimate of drug-likeness (QED) is 0.0529. The number of hydrogen-bond acceptors (Lipinski definition) is 5. The molecule has 5 nitrogen and oxygen atoms in total. The Hall–Kier alpha value is -3.18. The van der Waals surface area contributed by atoms with Crippen molar-refractivity contribution < 1.29 is 66.3 Å². The van der Waals surface area contributed by atoms with E-state index in [2.05, 4.69) is 0 Å². The molecule has 0 N–H and O–H groups in total. The minimum atomic E-state index is -6.50. The van der Waals surface area contributed by atoms with Gasteiger partial charge in [-0.05, 0) is 62.6 Å². The highest BCUT2D eigenvalue weighted by molar-refractivity contribution is 6.44. The fourth-order valence-electron chi connectivity index (χ4n) is 5.12. The van der Waals surface area contributed by atoms with Gasteiger partial charge in [-0.3, -0.25) is 0 Å². The van der Waals surface area contributed by atoms with Crippen LogP contribution in [0.4, 0.5) is 48.3 Å². The van der Waals surface area contributed by atoms with Crippen LogP contribution in [-0.2, 0) is 21.4 Å². The van der Waals surface area contributed by atoms with Crippen molar-refractivity contribution in [3.8, 4) is 16.9 Å². The summed E-state index contributed by atoms with van der Waals surface area (Å²) in [5.41, 5.74) is -2.97. The largest absolute Gasteiger partial charge is 0.493 e. The normalized spacial score (nSPS) is 13.4. The zero-order valence-corrected chi connectivity index (χ0v) is 28.5. The number of rotatable bonds is 19. The SMILES string of the molecule is CCCCCc1ccc(-c2cc3ccc(OCCC(F)(F)C(F)(F)C(F)(F)C(F)(F)CC[SiH](OCC)OCC)cc3oc2=O)c(C(F)(F)F)c1. The van der Waals surface area contributed by atoms with Crippen molar-refractivity contribution in [2.24, 2.45) is 0 Å². The number of aryl methyl sites for hydroxylation is 1. The Kier molecular flexibility index (Phi) is 13.6. The van der Waals surface area contributed by atoms with E-state index in [1.807, 2.05) is 6.92 Å². The Morgan fingerprint density at radius 3 is 1.92 bits per heavy atom. The molecule has 0 fully saturated rings. The maximum atomic E-state index is 14.5. The summed E-state index contributed by atoms with van der Waals surface area (Å²) in [5.74, 6) is -24.6. The molecule has 0 amide bonds. The molecule has 0 bridgehead atoms. The second-order valence-corrected chi connectivity index (χ2v) is 13.6. The maximum absolute atomic E-state index is 14.5. The Balaban J connectivity index is 1.77. The van der Waals surface area contributed by atoms with Gasteiger partial charge in [-0.15, -0.1) is 0 Å². The van der Waals surface area contributed by atoms with Gasteiger partial charge in [-0.1, -0.05) is 31.9 Å². The van der Waals surface area contributed by atoms with E-state index in [1.54, 1.807) is 0 Å². The molecule has 0 aliphatic carbocycles. The first-order valence-corrected chi connectivity index (χ1v) is 17.6. The van der Waals surface area contributed by atoms with Gasteiger partial charge < -0.3 is 18.0 Å². The summed E-state index contributed by atoms with van der Waals surface area (Å²) < 4.78 is 177. The molecule has 0 unspecified atom stereocenters. The Morgan fingerprint density at radius 2 is 1.34 bits per heavy atom. The summed E-state index contributed by atoms with van der Waals surface area (Å²) in [5, 5.41) is 0.0739. The minimum Gasteiger partial charge on any atom is -0.493 e. The smallest absolute Gasteiger partial charge is 0.417 e. The van der Waals surface area contributed by atoms with Gasteiger partial charge in [0.05, 0.1) is 24.2 Å². The first-order chi connectivity index (χ1) is 23.2. The van der Waals surface area contributed by atoms with Crippen LogP contribution in [0, 0.1) is 0 Å². The standard InChI is InChI=1S/C33H37F11O5Si/c1-4-7-8-9-21-10-13-24(26(18-21)31(38,39)40)25-19-22-11-12-23(20-27(22)49-28(25)45)46-16-14-29(34,35)32(41,42)33(43,44)30(36,37)15-17-50(47-5-2)48-6-3/h10-13,18-20,50H,4-9,14-17H2,1-3H3. The molecule has 3 aromatic rings. The van der Waals surface area contributed by atoms with Gasteiger partial charge in [0, 0.05) is 36.7 Å². The lowest BCUT2D eigenvalue weighted by molar-refractivity contribution is -0.367. The number of ether oxygens (including phenoxy) is 1. The number of unbranched alkanes of at least 4 members (excludes halogenated alkanes) is 2. The molecule has 1 heterocycles. The van der Waals surface area contributed by atoms with Gasteiger partial charge in [-0.2, -0.15) is 48.3 Å². The molecular formula is C33H37F11O5Si. The van der Waals surface area contributed by atoms with E-state index >= 15 is 0 Å². The van der Waals surface area contributed by atoms with Gasteiger partial charge in [0.25, 0.3) is 0 Å². The maximum Gasteiger partial charge on any atom is 0.417 e. The summed E-state index contributed by atoms with van der Waals surface area (Å²) in [7, 11) is -2.95. The van der Waals surface area contributed by atoms with Gasteiger partial charge in [0.15, 0.2) is 0 Å². The second-order valence-electron chi connectivity index (χ2n) is 11.5. The van der Waals surface area contributed by atoms with Gasteiger partial charge in [0.2, 0.25) is 0 Å². The molecule has 0 spiro atoms. The predicted octanol–water partition coefficient (Wildman–Crippen LogP) is 10.2. The van der Waals surface area contributed by atoms with Gasteiger partial charge in [0.1, 0.15) is 11.3 Å².